The molecule has 1 aromatic rings. The molecule has 0 radical (unpaired) electrons. The first-order chi connectivity index (χ1) is 8.29. The highest BCUT2D eigenvalue weighted by Gasteiger charge is 2.18. The normalized spacial score (nSPS) is 19.5. The Morgan fingerprint density at radius 3 is 3.12 bits per heavy atom. The molecule has 5 heteroatoms. The minimum atomic E-state index is 0.106. The van der Waals surface area contributed by atoms with Gasteiger partial charge in [0.1, 0.15) is 6.10 Å². The first-order valence-corrected chi connectivity index (χ1v) is 6.07. The number of nitrogens with zero attached hydrogens (tertiary/aromatic N) is 2. The van der Waals surface area contributed by atoms with Crippen LogP contribution in [0.15, 0.2) is 6.20 Å². The van der Waals surface area contributed by atoms with Gasteiger partial charge in [-0.05, 0) is 13.5 Å². The Morgan fingerprint density at radius 1 is 1.59 bits per heavy atom. The van der Waals surface area contributed by atoms with Crippen LogP contribution in [0.3, 0.4) is 0 Å². The molecule has 2 heterocycles. The van der Waals surface area contributed by atoms with Crippen LogP contribution in [0.1, 0.15) is 24.6 Å². The zero-order valence-corrected chi connectivity index (χ0v) is 10.4. The second-order valence-corrected chi connectivity index (χ2v) is 4.15. The second-order valence-electron chi connectivity index (χ2n) is 4.15. The molecule has 1 atom stereocenters. The molecule has 1 N–H and O–H groups in total. The van der Waals surface area contributed by atoms with Gasteiger partial charge in [0.05, 0.1) is 13.2 Å². The molecule has 1 aliphatic heterocycles. The molecule has 5 nitrogen and oxygen atoms in total. The Labute approximate surface area is 102 Å². The van der Waals surface area contributed by atoms with Gasteiger partial charge in [0.15, 0.2) is 0 Å². The van der Waals surface area contributed by atoms with E-state index in [1.54, 1.807) is 0 Å². The van der Waals surface area contributed by atoms with Crippen molar-refractivity contribution in [2.24, 2.45) is 0 Å². The SMILES string of the molecule is CCNCc1cnc(OC2CCOC2)nc1C. The lowest BCUT2D eigenvalue weighted by Crippen LogP contribution is -2.18. The summed E-state index contributed by atoms with van der Waals surface area (Å²) < 4.78 is 10.9. The molecule has 1 saturated heterocycles. The first kappa shape index (κ1) is 12.3. The van der Waals surface area contributed by atoms with Gasteiger partial charge in [-0.2, -0.15) is 0 Å². The predicted molar refractivity (Wildman–Crippen MR) is 64.0 cm³/mol. The molecule has 1 fully saturated rings. The lowest BCUT2D eigenvalue weighted by molar-refractivity contribution is 0.134. The van der Waals surface area contributed by atoms with Crippen molar-refractivity contribution in [3.63, 3.8) is 0 Å². The van der Waals surface area contributed by atoms with Crippen LogP contribution in [0.4, 0.5) is 0 Å². The van der Waals surface area contributed by atoms with Gasteiger partial charge in [-0.1, -0.05) is 6.92 Å². The van der Waals surface area contributed by atoms with E-state index in [1.165, 1.54) is 0 Å². The average molecular weight is 237 g/mol. The van der Waals surface area contributed by atoms with Crippen molar-refractivity contribution in [2.45, 2.75) is 32.9 Å². The van der Waals surface area contributed by atoms with Gasteiger partial charge >= 0.3 is 6.01 Å². The summed E-state index contributed by atoms with van der Waals surface area (Å²) in [6, 6.07) is 0.457. The van der Waals surface area contributed by atoms with E-state index in [0.717, 1.165) is 37.4 Å². The van der Waals surface area contributed by atoms with Crippen LogP contribution in [0, 0.1) is 6.92 Å². The number of nitrogens with one attached hydrogen (secondary N) is 1. The lowest BCUT2D eigenvalue weighted by Gasteiger charge is -2.11. The van der Waals surface area contributed by atoms with E-state index in [9.17, 15) is 0 Å². The van der Waals surface area contributed by atoms with E-state index >= 15 is 0 Å². The highest BCUT2D eigenvalue weighted by molar-refractivity contribution is 5.17. The van der Waals surface area contributed by atoms with Gasteiger partial charge in [-0.3, -0.25) is 0 Å². The lowest BCUT2D eigenvalue weighted by atomic mass is 10.2. The minimum Gasteiger partial charge on any atom is -0.458 e. The van der Waals surface area contributed by atoms with Crippen LogP contribution in [-0.2, 0) is 11.3 Å². The van der Waals surface area contributed by atoms with Gasteiger partial charge in [0.2, 0.25) is 0 Å². The van der Waals surface area contributed by atoms with Crippen molar-refractivity contribution in [3.8, 4) is 6.01 Å². The maximum absolute atomic E-state index is 5.65. The Balaban J connectivity index is 1.97. The van der Waals surface area contributed by atoms with E-state index in [0.29, 0.717) is 12.6 Å². The van der Waals surface area contributed by atoms with Gasteiger partial charge < -0.3 is 14.8 Å². The van der Waals surface area contributed by atoms with Crippen molar-refractivity contribution in [3.05, 3.63) is 17.5 Å². The summed E-state index contributed by atoms with van der Waals surface area (Å²) in [5.41, 5.74) is 2.08. The molecule has 94 valence electrons. The monoisotopic (exact) mass is 237 g/mol. The van der Waals surface area contributed by atoms with Gasteiger partial charge in [-0.25, -0.2) is 9.97 Å². The average Bonchev–Trinajstić information content (AvgIpc) is 2.81. The van der Waals surface area contributed by atoms with Crippen molar-refractivity contribution >= 4 is 0 Å². The van der Waals surface area contributed by atoms with E-state index < -0.39 is 0 Å². The molecule has 0 aromatic carbocycles. The molecule has 1 aromatic heterocycles. The van der Waals surface area contributed by atoms with Crippen molar-refractivity contribution < 1.29 is 9.47 Å². The molecule has 1 unspecified atom stereocenters. The van der Waals surface area contributed by atoms with E-state index in [4.69, 9.17) is 9.47 Å². The predicted octanol–water partition coefficient (Wildman–Crippen LogP) is 1.06. The number of rotatable bonds is 5. The Kier molecular flexibility index (Phi) is 4.28. The number of ether oxygens (including phenoxy) is 2. The van der Waals surface area contributed by atoms with Crippen molar-refractivity contribution in [1.29, 1.82) is 0 Å². The van der Waals surface area contributed by atoms with E-state index in [-0.39, 0.29) is 6.10 Å². The quantitative estimate of drug-likeness (QED) is 0.830. The summed E-state index contributed by atoms with van der Waals surface area (Å²) >= 11 is 0. The van der Waals surface area contributed by atoms with E-state index in [1.807, 2.05) is 13.1 Å². The first-order valence-electron chi connectivity index (χ1n) is 6.07. The van der Waals surface area contributed by atoms with Crippen LogP contribution in [0.25, 0.3) is 0 Å². The number of hydrogen-bond acceptors (Lipinski definition) is 5. The van der Waals surface area contributed by atoms with Crippen LogP contribution in [0.5, 0.6) is 6.01 Å². The zero-order chi connectivity index (χ0) is 12.1. The molecular weight excluding hydrogens is 218 g/mol. The van der Waals surface area contributed by atoms with Crippen molar-refractivity contribution in [2.75, 3.05) is 19.8 Å². The molecule has 0 saturated carbocycles. The minimum absolute atomic E-state index is 0.106. The molecule has 0 amide bonds. The maximum Gasteiger partial charge on any atom is 0.316 e. The third-order valence-corrected chi connectivity index (χ3v) is 2.78. The zero-order valence-electron chi connectivity index (χ0n) is 10.4. The molecule has 17 heavy (non-hydrogen) atoms. The highest BCUT2D eigenvalue weighted by Crippen LogP contribution is 2.14. The number of aryl methyl sites for hydroxylation is 1. The van der Waals surface area contributed by atoms with Gasteiger partial charge in [0.25, 0.3) is 0 Å². The molecule has 0 aliphatic carbocycles. The van der Waals surface area contributed by atoms with E-state index in [2.05, 4.69) is 22.2 Å². The number of aromatic nitrogens is 2. The molecular formula is C12H19N3O2. The fourth-order valence-corrected chi connectivity index (χ4v) is 1.72. The maximum atomic E-state index is 5.65. The summed E-state index contributed by atoms with van der Waals surface area (Å²) in [5.74, 6) is 0. The fraction of sp³-hybridized carbons (Fsp3) is 0.667. The molecule has 0 bridgehead atoms. The molecule has 0 spiro atoms. The third kappa shape index (κ3) is 3.38. The second kappa shape index (κ2) is 5.93. The Hall–Kier alpha value is -1.20. The molecule has 2 rings (SSSR count). The number of hydrogen-bond donors (Lipinski definition) is 1. The smallest absolute Gasteiger partial charge is 0.316 e. The highest BCUT2D eigenvalue weighted by atomic mass is 16.6. The summed E-state index contributed by atoms with van der Waals surface area (Å²) in [4.78, 5) is 8.59. The van der Waals surface area contributed by atoms with Crippen LogP contribution >= 0.6 is 0 Å². The van der Waals surface area contributed by atoms with Crippen molar-refractivity contribution in [1.82, 2.24) is 15.3 Å². The van der Waals surface area contributed by atoms with Crippen LogP contribution in [-0.4, -0.2) is 35.8 Å². The molecule has 1 aliphatic rings. The van der Waals surface area contributed by atoms with Gasteiger partial charge in [0, 0.05) is 30.4 Å². The Bertz CT molecular complexity index is 365. The standard InChI is InChI=1S/C12H19N3O2/c1-3-13-6-10-7-14-12(15-9(10)2)17-11-4-5-16-8-11/h7,11,13H,3-6,8H2,1-2H3. The Morgan fingerprint density at radius 2 is 2.47 bits per heavy atom. The fourth-order valence-electron chi connectivity index (χ4n) is 1.72. The summed E-state index contributed by atoms with van der Waals surface area (Å²) in [6.07, 6.45) is 2.85. The van der Waals surface area contributed by atoms with Crippen LogP contribution < -0.4 is 10.1 Å². The summed E-state index contributed by atoms with van der Waals surface area (Å²) in [6.45, 7) is 7.20. The summed E-state index contributed by atoms with van der Waals surface area (Å²) in [7, 11) is 0. The topological polar surface area (TPSA) is 56.3 Å². The summed E-state index contributed by atoms with van der Waals surface area (Å²) in [5, 5.41) is 3.26. The third-order valence-electron chi connectivity index (χ3n) is 2.78. The van der Waals surface area contributed by atoms with Crippen LogP contribution in [0.2, 0.25) is 0 Å². The largest absolute Gasteiger partial charge is 0.458 e. The van der Waals surface area contributed by atoms with Gasteiger partial charge in [-0.15, -0.1) is 0 Å².